The van der Waals surface area contributed by atoms with E-state index in [-0.39, 0.29) is 11.6 Å². The van der Waals surface area contributed by atoms with Gasteiger partial charge < -0.3 is 15.3 Å². The number of nitrogens with zero attached hydrogens (tertiary/aromatic N) is 2. The largest absolute Gasteiger partial charge is 0.478 e. The third kappa shape index (κ3) is 4.50. The van der Waals surface area contributed by atoms with Gasteiger partial charge in [-0.2, -0.15) is 0 Å². The van der Waals surface area contributed by atoms with Gasteiger partial charge in [0.2, 0.25) is 0 Å². The predicted molar refractivity (Wildman–Crippen MR) is 72.5 cm³/mol. The summed E-state index contributed by atoms with van der Waals surface area (Å²) >= 11 is 5.98. The quantitative estimate of drug-likeness (QED) is 0.830. The van der Waals surface area contributed by atoms with Crippen molar-refractivity contribution in [1.29, 1.82) is 0 Å². The first-order valence-electron chi connectivity index (χ1n) is 5.70. The van der Waals surface area contributed by atoms with Crippen LogP contribution in [0.5, 0.6) is 0 Å². The number of rotatable bonds is 6. The average Bonchev–Trinajstić information content (AvgIpc) is 2.29. The highest BCUT2D eigenvalue weighted by molar-refractivity contribution is 6.33. The van der Waals surface area contributed by atoms with E-state index >= 15 is 0 Å². The first-order chi connectivity index (χ1) is 8.40. The maximum Gasteiger partial charge on any atom is 0.337 e. The van der Waals surface area contributed by atoms with Gasteiger partial charge >= 0.3 is 5.97 Å². The highest BCUT2D eigenvalue weighted by Gasteiger charge is 2.10. The van der Waals surface area contributed by atoms with E-state index in [0.717, 1.165) is 13.0 Å². The molecule has 0 aromatic carbocycles. The molecule has 0 aliphatic rings. The van der Waals surface area contributed by atoms with E-state index in [9.17, 15) is 4.79 Å². The van der Waals surface area contributed by atoms with Crippen LogP contribution in [-0.4, -0.2) is 47.6 Å². The third-order valence-electron chi connectivity index (χ3n) is 2.48. The standard InChI is InChI=1S/C12H18ClN3O2/c1-8(4-5-16(2)3)15-11-10(13)6-9(7-14-11)12(17)18/h6-8H,4-5H2,1-3H3,(H,14,15)(H,17,18). The Kier molecular flexibility index (Phi) is 5.37. The van der Waals surface area contributed by atoms with Gasteiger partial charge in [0.25, 0.3) is 0 Å². The van der Waals surface area contributed by atoms with E-state index in [0.29, 0.717) is 10.8 Å². The Balaban J connectivity index is 2.64. The maximum atomic E-state index is 10.7. The number of hydrogen-bond donors (Lipinski definition) is 2. The smallest absolute Gasteiger partial charge is 0.337 e. The molecule has 5 nitrogen and oxygen atoms in total. The Bertz CT molecular complexity index is 424. The monoisotopic (exact) mass is 271 g/mol. The van der Waals surface area contributed by atoms with Gasteiger partial charge in [-0.15, -0.1) is 0 Å². The van der Waals surface area contributed by atoms with Crippen LogP contribution < -0.4 is 5.32 Å². The van der Waals surface area contributed by atoms with Gasteiger partial charge in [0.1, 0.15) is 5.82 Å². The van der Waals surface area contributed by atoms with E-state index < -0.39 is 5.97 Å². The van der Waals surface area contributed by atoms with Gasteiger partial charge in [0, 0.05) is 12.2 Å². The molecule has 0 fully saturated rings. The molecule has 100 valence electrons. The average molecular weight is 272 g/mol. The number of carboxylic acid groups (broad SMARTS) is 1. The number of pyridine rings is 1. The Morgan fingerprint density at radius 3 is 2.78 bits per heavy atom. The molecule has 0 spiro atoms. The van der Waals surface area contributed by atoms with Crippen LogP contribution >= 0.6 is 11.6 Å². The lowest BCUT2D eigenvalue weighted by Gasteiger charge is -2.17. The molecule has 6 heteroatoms. The van der Waals surface area contributed by atoms with E-state index in [4.69, 9.17) is 16.7 Å². The second-order valence-electron chi connectivity index (χ2n) is 4.50. The summed E-state index contributed by atoms with van der Waals surface area (Å²) in [7, 11) is 4.03. The zero-order valence-electron chi connectivity index (χ0n) is 10.8. The topological polar surface area (TPSA) is 65.5 Å². The minimum absolute atomic E-state index is 0.0893. The molecule has 1 rings (SSSR count). The van der Waals surface area contributed by atoms with Crippen molar-refractivity contribution in [3.05, 3.63) is 22.8 Å². The Labute approximate surface area is 112 Å². The molecule has 1 aromatic heterocycles. The van der Waals surface area contributed by atoms with Gasteiger partial charge in [0.05, 0.1) is 10.6 Å². The second kappa shape index (κ2) is 6.56. The summed E-state index contributed by atoms with van der Waals surface area (Å²) in [5, 5.41) is 12.3. The number of halogens is 1. The Morgan fingerprint density at radius 2 is 2.28 bits per heavy atom. The minimum Gasteiger partial charge on any atom is -0.478 e. The molecular formula is C12H18ClN3O2. The van der Waals surface area contributed by atoms with Crippen molar-refractivity contribution in [3.63, 3.8) is 0 Å². The molecule has 0 radical (unpaired) electrons. The molecule has 0 bridgehead atoms. The van der Waals surface area contributed by atoms with Gasteiger partial charge in [0.15, 0.2) is 0 Å². The van der Waals surface area contributed by atoms with Crippen molar-refractivity contribution >= 4 is 23.4 Å². The molecule has 0 aliphatic heterocycles. The van der Waals surface area contributed by atoms with Crippen LogP contribution in [0.15, 0.2) is 12.3 Å². The number of aromatic nitrogens is 1. The van der Waals surface area contributed by atoms with Gasteiger partial charge in [-0.3, -0.25) is 0 Å². The van der Waals surface area contributed by atoms with Crippen LogP contribution in [0.25, 0.3) is 0 Å². The van der Waals surface area contributed by atoms with Crippen LogP contribution in [0.3, 0.4) is 0 Å². The van der Waals surface area contributed by atoms with Gasteiger partial charge in [-0.1, -0.05) is 11.6 Å². The molecule has 1 unspecified atom stereocenters. The van der Waals surface area contributed by atoms with Gasteiger partial charge in [-0.05, 0) is 40.1 Å². The Hall–Kier alpha value is -1.33. The first kappa shape index (κ1) is 14.7. The fourth-order valence-corrected chi connectivity index (χ4v) is 1.64. The number of aromatic carboxylic acids is 1. The summed E-state index contributed by atoms with van der Waals surface area (Å²) in [4.78, 5) is 16.9. The van der Waals surface area contributed by atoms with E-state index in [1.165, 1.54) is 12.3 Å². The maximum absolute atomic E-state index is 10.7. The lowest BCUT2D eigenvalue weighted by Crippen LogP contribution is -2.23. The van der Waals surface area contributed by atoms with E-state index in [1.54, 1.807) is 0 Å². The number of carbonyl (C=O) groups is 1. The summed E-state index contributed by atoms with van der Waals surface area (Å²) in [5.74, 6) is -0.510. The van der Waals surface area contributed by atoms with Crippen LogP contribution in [0.2, 0.25) is 5.02 Å². The van der Waals surface area contributed by atoms with E-state index in [1.807, 2.05) is 21.0 Å². The molecule has 2 N–H and O–H groups in total. The van der Waals surface area contributed by atoms with Gasteiger partial charge in [-0.25, -0.2) is 9.78 Å². The van der Waals surface area contributed by atoms with Crippen LogP contribution in [0.1, 0.15) is 23.7 Å². The summed E-state index contributed by atoms with van der Waals surface area (Å²) < 4.78 is 0. The van der Waals surface area contributed by atoms with E-state index in [2.05, 4.69) is 15.2 Å². The first-order valence-corrected chi connectivity index (χ1v) is 6.08. The number of nitrogens with one attached hydrogen (secondary N) is 1. The number of hydrogen-bond acceptors (Lipinski definition) is 4. The molecule has 0 aliphatic carbocycles. The lowest BCUT2D eigenvalue weighted by atomic mass is 10.2. The normalized spacial score (nSPS) is 12.5. The zero-order chi connectivity index (χ0) is 13.7. The van der Waals surface area contributed by atoms with Crippen molar-refractivity contribution in [1.82, 2.24) is 9.88 Å². The minimum atomic E-state index is -1.03. The highest BCUT2D eigenvalue weighted by Crippen LogP contribution is 2.21. The zero-order valence-corrected chi connectivity index (χ0v) is 11.5. The Morgan fingerprint density at radius 1 is 1.61 bits per heavy atom. The second-order valence-corrected chi connectivity index (χ2v) is 4.90. The number of carboxylic acids is 1. The molecule has 1 atom stereocenters. The predicted octanol–water partition coefficient (Wildman–Crippen LogP) is 2.19. The van der Waals surface area contributed by atoms with Crippen LogP contribution in [0, 0.1) is 0 Å². The molecule has 1 heterocycles. The molecule has 18 heavy (non-hydrogen) atoms. The molecule has 0 saturated carbocycles. The third-order valence-corrected chi connectivity index (χ3v) is 2.77. The molecular weight excluding hydrogens is 254 g/mol. The summed E-state index contributed by atoms with van der Waals surface area (Å²) in [5.41, 5.74) is 0.0893. The summed E-state index contributed by atoms with van der Waals surface area (Å²) in [6.07, 6.45) is 2.25. The van der Waals surface area contributed by atoms with Crippen molar-refractivity contribution in [2.45, 2.75) is 19.4 Å². The molecule has 0 saturated heterocycles. The highest BCUT2D eigenvalue weighted by atomic mass is 35.5. The van der Waals surface area contributed by atoms with Crippen LogP contribution in [0.4, 0.5) is 5.82 Å². The fraction of sp³-hybridized carbons (Fsp3) is 0.500. The van der Waals surface area contributed by atoms with Crippen molar-refractivity contribution in [2.75, 3.05) is 26.0 Å². The molecule has 0 amide bonds. The number of anilines is 1. The molecule has 1 aromatic rings. The van der Waals surface area contributed by atoms with Crippen molar-refractivity contribution < 1.29 is 9.90 Å². The van der Waals surface area contributed by atoms with Crippen molar-refractivity contribution in [3.8, 4) is 0 Å². The lowest BCUT2D eigenvalue weighted by molar-refractivity contribution is 0.0696. The summed E-state index contributed by atoms with van der Waals surface area (Å²) in [6, 6.07) is 1.62. The van der Waals surface area contributed by atoms with Crippen LogP contribution in [-0.2, 0) is 0 Å². The summed E-state index contributed by atoms with van der Waals surface area (Å²) in [6.45, 7) is 2.99. The fourth-order valence-electron chi connectivity index (χ4n) is 1.42. The van der Waals surface area contributed by atoms with Crippen molar-refractivity contribution in [2.24, 2.45) is 0 Å². The SMILES string of the molecule is CC(CCN(C)C)Nc1ncc(C(=O)O)cc1Cl.